The zero-order valence-corrected chi connectivity index (χ0v) is 15.2. The van der Waals surface area contributed by atoms with Crippen LogP contribution in [-0.4, -0.2) is 36.1 Å². The van der Waals surface area contributed by atoms with Gasteiger partial charge < -0.3 is 5.32 Å². The number of nitrogens with zero attached hydrogens (tertiary/aromatic N) is 1. The minimum absolute atomic E-state index is 0.229. The number of nitrogens with one attached hydrogen (secondary N) is 1. The van der Waals surface area contributed by atoms with Crippen LogP contribution < -0.4 is 5.32 Å². The van der Waals surface area contributed by atoms with Gasteiger partial charge in [0.15, 0.2) is 0 Å². The summed E-state index contributed by atoms with van der Waals surface area (Å²) in [5.41, 5.74) is 0.652. The molecule has 21 heavy (non-hydrogen) atoms. The molecule has 0 radical (unpaired) electrons. The summed E-state index contributed by atoms with van der Waals surface area (Å²) < 4.78 is 0. The van der Waals surface area contributed by atoms with Crippen molar-refractivity contribution in [1.82, 2.24) is 10.2 Å². The van der Waals surface area contributed by atoms with Crippen molar-refractivity contribution in [3.8, 4) is 0 Å². The van der Waals surface area contributed by atoms with Crippen LogP contribution in [0.2, 0.25) is 0 Å². The molecule has 0 spiro atoms. The van der Waals surface area contributed by atoms with E-state index >= 15 is 0 Å². The van der Waals surface area contributed by atoms with E-state index in [1.54, 1.807) is 0 Å². The smallest absolute Gasteiger partial charge is 0.0124 e. The van der Waals surface area contributed by atoms with Crippen molar-refractivity contribution in [2.45, 2.75) is 91.1 Å². The third kappa shape index (κ3) is 4.96. The molecule has 1 heterocycles. The summed E-state index contributed by atoms with van der Waals surface area (Å²) in [5, 5.41) is 3.77. The highest BCUT2D eigenvalue weighted by Crippen LogP contribution is 2.38. The van der Waals surface area contributed by atoms with Crippen molar-refractivity contribution in [3.63, 3.8) is 0 Å². The van der Waals surface area contributed by atoms with Gasteiger partial charge in [-0.1, -0.05) is 26.7 Å². The van der Waals surface area contributed by atoms with Gasteiger partial charge in [-0.3, -0.25) is 4.90 Å². The van der Waals surface area contributed by atoms with Crippen LogP contribution in [-0.2, 0) is 0 Å². The van der Waals surface area contributed by atoms with Gasteiger partial charge in [0, 0.05) is 24.7 Å². The summed E-state index contributed by atoms with van der Waals surface area (Å²) in [6.07, 6.45) is 9.97. The zero-order chi connectivity index (χ0) is 15.5. The molecular formula is C19H38N2. The Kier molecular flexibility index (Phi) is 5.76. The largest absolute Gasteiger partial charge is 0.311 e. The molecule has 1 N–H and O–H groups in total. The average Bonchev–Trinajstić information content (AvgIpc) is 2.86. The Balaban J connectivity index is 1.97. The third-order valence-corrected chi connectivity index (χ3v) is 5.59. The van der Waals surface area contributed by atoms with Gasteiger partial charge in [-0.05, 0) is 70.8 Å². The van der Waals surface area contributed by atoms with E-state index in [1.165, 1.54) is 58.0 Å². The van der Waals surface area contributed by atoms with Gasteiger partial charge in [0.25, 0.3) is 0 Å². The molecule has 2 nitrogen and oxygen atoms in total. The molecule has 124 valence electrons. The first-order valence-corrected chi connectivity index (χ1v) is 9.32. The molecule has 3 atom stereocenters. The maximum absolute atomic E-state index is 3.77. The predicted octanol–water partition coefficient (Wildman–Crippen LogP) is 4.45. The van der Waals surface area contributed by atoms with Crippen LogP contribution in [0.5, 0.6) is 0 Å². The van der Waals surface area contributed by atoms with Gasteiger partial charge in [-0.15, -0.1) is 0 Å². The molecule has 0 aromatic rings. The van der Waals surface area contributed by atoms with E-state index in [0.717, 1.165) is 18.5 Å². The molecule has 0 amide bonds. The summed E-state index contributed by atoms with van der Waals surface area (Å²) >= 11 is 0. The van der Waals surface area contributed by atoms with E-state index in [2.05, 4.69) is 44.8 Å². The first-order chi connectivity index (χ1) is 9.83. The second kappa shape index (κ2) is 7.00. The third-order valence-electron chi connectivity index (χ3n) is 5.59. The Labute approximate surface area is 133 Å². The summed E-state index contributed by atoms with van der Waals surface area (Å²) in [4.78, 5) is 2.86. The standard InChI is InChI=1S/C19H38N2/c1-6-12-19(5,14-20-18(2,3)4)15-21-13-8-10-16-9-7-11-17(16)21/h16-17,20H,6-15H2,1-5H3. The second-order valence-corrected chi connectivity index (χ2v) is 9.04. The van der Waals surface area contributed by atoms with Crippen LogP contribution in [0.1, 0.15) is 79.6 Å². The van der Waals surface area contributed by atoms with Gasteiger partial charge in [0.2, 0.25) is 0 Å². The maximum Gasteiger partial charge on any atom is 0.0124 e. The Morgan fingerprint density at radius 1 is 1.05 bits per heavy atom. The second-order valence-electron chi connectivity index (χ2n) is 9.04. The normalized spacial score (nSPS) is 30.1. The highest BCUT2D eigenvalue weighted by molar-refractivity contribution is 4.93. The molecule has 1 saturated carbocycles. The number of hydrogen-bond donors (Lipinski definition) is 1. The minimum Gasteiger partial charge on any atom is -0.311 e. The number of fused-ring (bicyclic) bond motifs is 1. The lowest BCUT2D eigenvalue weighted by molar-refractivity contribution is 0.0580. The molecule has 2 aliphatic rings. The van der Waals surface area contributed by atoms with Crippen molar-refractivity contribution in [2.24, 2.45) is 11.3 Å². The summed E-state index contributed by atoms with van der Waals surface area (Å²) in [7, 11) is 0. The summed E-state index contributed by atoms with van der Waals surface area (Å²) in [6.45, 7) is 15.5. The Bertz CT molecular complexity index is 320. The number of piperidine rings is 1. The molecule has 2 rings (SSSR count). The van der Waals surface area contributed by atoms with E-state index < -0.39 is 0 Å². The average molecular weight is 295 g/mol. The van der Waals surface area contributed by atoms with Crippen LogP contribution in [0.3, 0.4) is 0 Å². The fourth-order valence-corrected chi connectivity index (χ4v) is 4.55. The van der Waals surface area contributed by atoms with Crippen molar-refractivity contribution in [2.75, 3.05) is 19.6 Å². The van der Waals surface area contributed by atoms with E-state index in [1.807, 2.05) is 0 Å². The lowest BCUT2D eigenvalue weighted by Gasteiger charge is -2.44. The summed E-state index contributed by atoms with van der Waals surface area (Å²) in [5.74, 6) is 1.01. The molecule has 0 bridgehead atoms. The van der Waals surface area contributed by atoms with Crippen LogP contribution in [0.25, 0.3) is 0 Å². The van der Waals surface area contributed by atoms with Gasteiger partial charge in [-0.25, -0.2) is 0 Å². The molecule has 1 aliphatic carbocycles. The summed E-state index contributed by atoms with van der Waals surface area (Å²) in [6, 6.07) is 0.907. The molecular weight excluding hydrogens is 256 g/mol. The lowest BCUT2D eigenvalue weighted by Crippen LogP contribution is -2.51. The van der Waals surface area contributed by atoms with E-state index in [0.29, 0.717) is 5.41 Å². The molecule has 0 aromatic carbocycles. The van der Waals surface area contributed by atoms with Crippen molar-refractivity contribution in [1.29, 1.82) is 0 Å². The molecule has 1 saturated heterocycles. The van der Waals surface area contributed by atoms with Gasteiger partial charge >= 0.3 is 0 Å². The van der Waals surface area contributed by atoms with Crippen molar-refractivity contribution >= 4 is 0 Å². The maximum atomic E-state index is 3.77. The van der Waals surface area contributed by atoms with Crippen LogP contribution in [0.4, 0.5) is 0 Å². The zero-order valence-electron chi connectivity index (χ0n) is 15.2. The topological polar surface area (TPSA) is 15.3 Å². The fourth-order valence-electron chi connectivity index (χ4n) is 4.55. The Hall–Kier alpha value is -0.0800. The quantitative estimate of drug-likeness (QED) is 0.779. The van der Waals surface area contributed by atoms with Crippen LogP contribution in [0, 0.1) is 11.3 Å². The van der Waals surface area contributed by atoms with Gasteiger partial charge in [0.05, 0.1) is 0 Å². The monoisotopic (exact) mass is 294 g/mol. The van der Waals surface area contributed by atoms with Gasteiger partial charge in [-0.2, -0.15) is 0 Å². The Morgan fingerprint density at radius 2 is 1.76 bits per heavy atom. The van der Waals surface area contributed by atoms with Crippen molar-refractivity contribution < 1.29 is 0 Å². The number of rotatable bonds is 6. The SMILES string of the molecule is CCCC(C)(CNC(C)(C)C)CN1CCCC2CCCC21. The number of likely N-dealkylation sites (tertiary alicyclic amines) is 1. The highest BCUT2D eigenvalue weighted by Gasteiger charge is 2.38. The van der Waals surface area contributed by atoms with Crippen LogP contribution >= 0.6 is 0 Å². The first kappa shape index (κ1) is 17.3. The highest BCUT2D eigenvalue weighted by atomic mass is 15.2. The molecule has 2 heteroatoms. The Morgan fingerprint density at radius 3 is 2.43 bits per heavy atom. The molecule has 0 aromatic heterocycles. The van der Waals surface area contributed by atoms with E-state index in [9.17, 15) is 0 Å². The minimum atomic E-state index is 0.229. The van der Waals surface area contributed by atoms with E-state index in [-0.39, 0.29) is 5.54 Å². The predicted molar refractivity (Wildman–Crippen MR) is 92.7 cm³/mol. The van der Waals surface area contributed by atoms with Crippen LogP contribution in [0.15, 0.2) is 0 Å². The first-order valence-electron chi connectivity index (χ1n) is 9.32. The van der Waals surface area contributed by atoms with E-state index in [4.69, 9.17) is 0 Å². The van der Waals surface area contributed by atoms with Gasteiger partial charge in [0.1, 0.15) is 0 Å². The van der Waals surface area contributed by atoms with Crippen molar-refractivity contribution in [3.05, 3.63) is 0 Å². The lowest BCUT2D eigenvalue weighted by atomic mass is 9.82. The molecule has 3 unspecified atom stereocenters. The molecule has 1 aliphatic heterocycles. The molecule has 2 fully saturated rings. The fraction of sp³-hybridized carbons (Fsp3) is 1.00. The number of hydrogen-bond acceptors (Lipinski definition) is 2.